The van der Waals surface area contributed by atoms with Crippen LogP contribution in [0.3, 0.4) is 0 Å². The van der Waals surface area contributed by atoms with E-state index in [1.807, 2.05) is 13.1 Å². The van der Waals surface area contributed by atoms with Crippen LogP contribution in [0.15, 0.2) is 0 Å². The zero-order valence-corrected chi connectivity index (χ0v) is 14.4. The first-order chi connectivity index (χ1) is 6.20. The van der Waals surface area contributed by atoms with E-state index in [4.69, 9.17) is 38.6 Å². The van der Waals surface area contributed by atoms with Crippen molar-refractivity contribution >= 4 is 56.5 Å². The van der Waals surface area contributed by atoms with Crippen molar-refractivity contribution in [1.29, 1.82) is 0 Å². The molecule has 0 aromatic carbocycles. The molecule has 0 spiro atoms. The molecule has 10 heteroatoms. The van der Waals surface area contributed by atoms with Crippen LogP contribution in [0.4, 0.5) is 0 Å². The van der Waals surface area contributed by atoms with E-state index in [2.05, 4.69) is 0 Å². The molecule has 0 bridgehead atoms. The fraction of sp³-hybridized carbons (Fsp3) is 1.00. The van der Waals surface area contributed by atoms with Crippen LogP contribution < -0.4 is 0 Å². The highest BCUT2D eigenvalue weighted by Crippen LogP contribution is 2.24. The smallest absolute Gasteiger partial charge is 0.406 e. The molecular weight excluding hydrogens is 295 g/mol. The van der Waals surface area contributed by atoms with Gasteiger partial charge >= 0.3 is 34.3 Å². The first kappa shape index (κ1) is 13.4. The standard InChI is InChI=1S/C4H14Cl2O4Si4/c1-11-7-13(3,5)9-12(2)10-14(4,6)8-11/h11-12H,1-4H3. The van der Waals surface area contributed by atoms with Crippen molar-refractivity contribution in [1.82, 2.24) is 0 Å². The fourth-order valence-corrected chi connectivity index (χ4v) is 18.0. The third kappa shape index (κ3) is 4.43. The Morgan fingerprint density at radius 1 is 0.786 bits per heavy atom. The van der Waals surface area contributed by atoms with Gasteiger partial charge in [0.2, 0.25) is 0 Å². The molecule has 1 aliphatic rings. The molecule has 4 nitrogen and oxygen atoms in total. The summed E-state index contributed by atoms with van der Waals surface area (Å²) in [5, 5.41) is 0. The zero-order chi connectivity index (χ0) is 11.0. The van der Waals surface area contributed by atoms with Crippen molar-refractivity contribution in [3.63, 3.8) is 0 Å². The van der Waals surface area contributed by atoms with E-state index in [0.29, 0.717) is 0 Å². The van der Waals surface area contributed by atoms with E-state index in [1.54, 1.807) is 13.1 Å². The van der Waals surface area contributed by atoms with Gasteiger partial charge in [0.05, 0.1) is 0 Å². The Labute approximate surface area is 99.0 Å². The average Bonchev–Trinajstić information content (AvgIpc) is 1.74. The predicted molar refractivity (Wildman–Crippen MR) is 65.3 cm³/mol. The van der Waals surface area contributed by atoms with Gasteiger partial charge in [-0.15, -0.1) is 22.2 Å². The maximum absolute atomic E-state index is 6.11. The molecule has 0 unspecified atom stereocenters. The van der Waals surface area contributed by atoms with E-state index in [9.17, 15) is 0 Å². The van der Waals surface area contributed by atoms with E-state index in [-0.39, 0.29) is 0 Å². The summed E-state index contributed by atoms with van der Waals surface area (Å²) in [5.41, 5.74) is 0. The molecule has 0 N–H and O–H groups in total. The van der Waals surface area contributed by atoms with Gasteiger partial charge in [-0.25, -0.2) is 0 Å². The zero-order valence-electron chi connectivity index (χ0n) is 8.54. The molecule has 1 saturated heterocycles. The largest absolute Gasteiger partial charge is 0.421 e. The lowest BCUT2D eigenvalue weighted by atomic mass is 11.9. The van der Waals surface area contributed by atoms with Crippen molar-refractivity contribution in [3.8, 4) is 0 Å². The van der Waals surface area contributed by atoms with E-state index in [0.717, 1.165) is 0 Å². The normalized spacial score (nSPS) is 51.0. The minimum atomic E-state index is -2.55. The molecule has 0 aromatic rings. The SMILES string of the molecule is C[SiH]1O[Si](C)(Cl)O[SiH](C)O[Si](C)(Cl)O1. The molecular formula is C4H14Cl2O4Si4. The molecule has 1 fully saturated rings. The average molecular weight is 309 g/mol. The van der Waals surface area contributed by atoms with Crippen LogP contribution >= 0.6 is 22.2 Å². The summed E-state index contributed by atoms with van der Waals surface area (Å²) in [6.45, 7) is 7.33. The number of hydrogen-bond donors (Lipinski definition) is 0. The third-order valence-electron chi connectivity index (χ3n) is 1.51. The molecule has 0 radical (unpaired) electrons. The van der Waals surface area contributed by atoms with Crippen LogP contribution in [0.25, 0.3) is 0 Å². The van der Waals surface area contributed by atoms with E-state index < -0.39 is 34.3 Å². The molecule has 84 valence electrons. The third-order valence-corrected chi connectivity index (χ3v) is 16.8. The van der Waals surface area contributed by atoms with Crippen LogP contribution in [0, 0.1) is 0 Å². The van der Waals surface area contributed by atoms with Gasteiger partial charge in [0, 0.05) is 0 Å². The maximum atomic E-state index is 6.11. The number of hydrogen-bond acceptors (Lipinski definition) is 4. The second-order valence-corrected chi connectivity index (χ2v) is 16.8. The first-order valence-electron chi connectivity index (χ1n) is 4.29. The minimum absolute atomic E-state index is 1.78. The highest BCUT2D eigenvalue weighted by molar-refractivity contribution is 7.19. The summed E-state index contributed by atoms with van der Waals surface area (Å²) in [4.78, 5) is 0. The summed E-state index contributed by atoms with van der Waals surface area (Å²) in [7, 11) is -8.73. The molecule has 14 heavy (non-hydrogen) atoms. The Kier molecular flexibility index (Phi) is 4.44. The molecule has 0 amide bonds. The monoisotopic (exact) mass is 308 g/mol. The van der Waals surface area contributed by atoms with Gasteiger partial charge in [0.15, 0.2) is 0 Å². The lowest BCUT2D eigenvalue weighted by molar-refractivity contribution is 0.283. The number of rotatable bonds is 0. The van der Waals surface area contributed by atoms with Crippen molar-refractivity contribution in [3.05, 3.63) is 0 Å². The summed E-state index contributed by atoms with van der Waals surface area (Å²) < 4.78 is 22.4. The highest BCUT2D eigenvalue weighted by Gasteiger charge is 2.44. The van der Waals surface area contributed by atoms with Crippen molar-refractivity contribution in [2.45, 2.75) is 26.2 Å². The van der Waals surface area contributed by atoms with Gasteiger partial charge in [-0.05, 0) is 26.2 Å². The Balaban J connectivity index is 2.71. The molecule has 0 aromatic heterocycles. The molecule has 1 heterocycles. The van der Waals surface area contributed by atoms with E-state index in [1.165, 1.54) is 0 Å². The quantitative estimate of drug-likeness (QED) is 0.500. The molecule has 1 aliphatic heterocycles. The lowest BCUT2D eigenvalue weighted by Gasteiger charge is -2.35. The molecule has 0 atom stereocenters. The number of halogens is 2. The van der Waals surface area contributed by atoms with Crippen LogP contribution in [-0.4, -0.2) is 34.3 Å². The fourth-order valence-electron chi connectivity index (χ4n) is 1.29. The van der Waals surface area contributed by atoms with Crippen LogP contribution in [0.2, 0.25) is 26.2 Å². The summed E-state index contributed by atoms with van der Waals surface area (Å²) >= 11 is 12.2. The lowest BCUT2D eigenvalue weighted by Crippen LogP contribution is -2.53. The maximum Gasteiger partial charge on any atom is 0.421 e. The van der Waals surface area contributed by atoms with Crippen LogP contribution in [0.1, 0.15) is 0 Å². The van der Waals surface area contributed by atoms with Crippen LogP contribution in [-0.2, 0) is 16.5 Å². The second kappa shape index (κ2) is 4.65. The van der Waals surface area contributed by atoms with Crippen molar-refractivity contribution in [2.75, 3.05) is 0 Å². The highest BCUT2D eigenvalue weighted by atomic mass is 35.6. The Bertz CT molecular complexity index is 178. The van der Waals surface area contributed by atoms with Gasteiger partial charge in [0.25, 0.3) is 0 Å². The van der Waals surface area contributed by atoms with Crippen LogP contribution in [0.5, 0.6) is 0 Å². The van der Waals surface area contributed by atoms with Gasteiger partial charge in [-0.1, -0.05) is 0 Å². The van der Waals surface area contributed by atoms with Gasteiger partial charge in [-0.3, -0.25) is 0 Å². The molecule has 1 rings (SSSR count). The minimum Gasteiger partial charge on any atom is -0.406 e. The molecule has 0 aliphatic carbocycles. The topological polar surface area (TPSA) is 36.9 Å². The Morgan fingerprint density at radius 2 is 1.00 bits per heavy atom. The van der Waals surface area contributed by atoms with E-state index >= 15 is 0 Å². The van der Waals surface area contributed by atoms with Crippen molar-refractivity contribution < 1.29 is 16.5 Å². The summed E-state index contributed by atoms with van der Waals surface area (Å²) in [5.74, 6) is 0. The van der Waals surface area contributed by atoms with Gasteiger partial charge in [0.1, 0.15) is 0 Å². The molecule has 0 saturated carbocycles. The first-order valence-corrected chi connectivity index (χ1v) is 15.1. The van der Waals surface area contributed by atoms with Gasteiger partial charge < -0.3 is 16.5 Å². The summed E-state index contributed by atoms with van der Waals surface area (Å²) in [6, 6.07) is 0. The summed E-state index contributed by atoms with van der Waals surface area (Å²) in [6.07, 6.45) is 0. The Hall–Kier alpha value is 1.29. The Morgan fingerprint density at radius 3 is 1.21 bits per heavy atom. The van der Waals surface area contributed by atoms with Crippen molar-refractivity contribution in [2.24, 2.45) is 0 Å². The van der Waals surface area contributed by atoms with Gasteiger partial charge in [-0.2, -0.15) is 0 Å². The second-order valence-electron chi connectivity index (χ2n) is 3.28. The predicted octanol–water partition coefficient (Wildman–Crippen LogP) is 1.38.